The first-order valence-corrected chi connectivity index (χ1v) is 5.74. The van der Waals surface area contributed by atoms with Crippen molar-refractivity contribution in [1.82, 2.24) is 9.55 Å². The molecule has 2 N–H and O–H groups in total. The lowest BCUT2D eigenvalue weighted by Crippen LogP contribution is -2.26. The van der Waals surface area contributed by atoms with Gasteiger partial charge in [0.15, 0.2) is 0 Å². The molecular weight excluding hydrogens is 216 g/mol. The van der Waals surface area contributed by atoms with Crippen molar-refractivity contribution in [3.8, 4) is 0 Å². The fourth-order valence-corrected chi connectivity index (χ4v) is 2.30. The molecule has 1 aliphatic heterocycles. The molecule has 2 aromatic rings. The van der Waals surface area contributed by atoms with Crippen LogP contribution in [0.15, 0.2) is 24.3 Å². The van der Waals surface area contributed by atoms with Gasteiger partial charge in [0.05, 0.1) is 11.0 Å². The maximum Gasteiger partial charge on any atom is 0.219 e. The van der Waals surface area contributed by atoms with Crippen LogP contribution >= 0.6 is 0 Å². The van der Waals surface area contributed by atoms with E-state index in [4.69, 9.17) is 5.73 Å². The van der Waals surface area contributed by atoms with Gasteiger partial charge >= 0.3 is 0 Å². The molecule has 3 rings (SSSR count). The summed E-state index contributed by atoms with van der Waals surface area (Å²) < 4.78 is 2.19. The zero-order valence-corrected chi connectivity index (χ0v) is 9.47. The predicted octanol–water partition coefficient (Wildman–Crippen LogP) is 0.732. The van der Waals surface area contributed by atoms with Crippen LogP contribution in [0.25, 0.3) is 11.0 Å². The second-order valence-corrected chi connectivity index (χ2v) is 4.26. The highest BCUT2D eigenvalue weighted by atomic mass is 16.1. The number of para-hydroxylation sites is 2. The molecule has 0 saturated heterocycles. The highest BCUT2D eigenvalue weighted by molar-refractivity contribution is 5.80. The van der Waals surface area contributed by atoms with Crippen LogP contribution in [0, 0.1) is 0 Å². The van der Waals surface area contributed by atoms with Gasteiger partial charge in [-0.2, -0.15) is 0 Å². The summed E-state index contributed by atoms with van der Waals surface area (Å²) in [6, 6.07) is 8.08. The van der Waals surface area contributed by atoms with E-state index in [1.54, 1.807) is 0 Å². The van der Waals surface area contributed by atoms with Crippen molar-refractivity contribution >= 4 is 22.9 Å². The van der Waals surface area contributed by atoms with Crippen LogP contribution in [0.3, 0.4) is 0 Å². The molecule has 0 aliphatic carbocycles. The van der Waals surface area contributed by atoms with Crippen molar-refractivity contribution in [2.24, 2.45) is 5.73 Å². The molecule has 0 saturated carbocycles. The molecule has 0 fully saturated rings. The van der Waals surface area contributed by atoms with Crippen molar-refractivity contribution in [3.63, 3.8) is 0 Å². The topological polar surface area (TPSA) is 64.2 Å². The zero-order chi connectivity index (χ0) is 11.8. The van der Waals surface area contributed by atoms with E-state index in [9.17, 15) is 4.79 Å². The van der Waals surface area contributed by atoms with Gasteiger partial charge in [0.25, 0.3) is 0 Å². The number of aromatic nitrogens is 2. The van der Waals surface area contributed by atoms with E-state index in [2.05, 4.69) is 20.5 Å². The second kappa shape index (κ2) is 3.76. The molecule has 0 bridgehead atoms. The second-order valence-electron chi connectivity index (χ2n) is 4.26. The Hall–Kier alpha value is -2.04. The first-order chi connectivity index (χ1) is 8.25. The molecule has 2 heterocycles. The summed E-state index contributed by atoms with van der Waals surface area (Å²) in [5, 5.41) is 0. The normalized spacial score (nSPS) is 14.2. The summed E-state index contributed by atoms with van der Waals surface area (Å²) in [4.78, 5) is 17.5. The Morgan fingerprint density at radius 1 is 1.35 bits per heavy atom. The zero-order valence-electron chi connectivity index (χ0n) is 9.47. The molecule has 1 aromatic carbocycles. The summed E-state index contributed by atoms with van der Waals surface area (Å²) in [7, 11) is 0. The van der Waals surface area contributed by atoms with Crippen LogP contribution in [0.5, 0.6) is 0 Å². The van der Waals surface area contributed by atoms with Crippen molar-refractivity contribution in [1.29, 1.82) is 0 Å². The molecule has 1 aromatic heterocycles. The third-order valence-corrected chi connectivity index (χ3v) is 3.14. The first kappa shape index (κ1) is 10.1. The third kappa shape index (κ3) is 1.63. The number of hydrogen-bond donors (Lipinski definition) is 1. The Kier molecular flexibility index (Phi) is 2.24. The number of rotatable bonds is 3. The number of carbonyl (C=O) groups is 1. The lowest BCUT2D eigenvalue weighted by atomic mass is 10.3. The molecular formula is C12H14N4O. The van der Waals surface area contributed by atoms with Crippen LogP contribution in [0.2, 0.25) is 0 Å². The summed E-state index contributed by atoms with van der Waals surface area (Å²) in [6.45, 7) is 2.48. The molecule has 5 heteroatoms. The van der Waals surface area contributed by atoms with Crippen molar-refractivity contribution in [2.75, 3.05) is 18.0 Å². The van der Waals surface area contributed by atoms with E-state index in [1.807, 2.05) is 18.2 Å². The number of primary amides is 1. The minimum absolute atomic E-state index is 0.264. The molecule has 0 radical (unpaired) electrons. The standard InChI is InChI=1S/C12H14N4O/c13-11(17)5-6-15-7-8-16-10-4-2-1-3-9(10)14-12(15)16/h1-4H,5-8H2,(H2,13,17). The maximum absolute atomic E-state index is 10.8. The van der Waals surface area contributed by atoms with Gasteiger partial charge in [-0.1, -0.05) is 12.1 Å². The Morgan fingerprint density at radius 2 is 2.18 bits per heavy atom. The van der Waals surface area contributed by atoms with E-state index in [0.717, 1.165) is 30.1 Å². The van der Waals surface area contributed by atoms with Gasteiger partial charge in [0, 0.05) is 26.1 Å². The van der Waals surface area contributed by atoms with Crippen LogP contribution in [0.4, 0.5) is 5.95 Å². The highest BCUT2D eigenvalue weighted by Gasteiger charge is 2.22. The number of benzene rings is 1. The minimum Gasteiger partial charge on any atom is -0.370 e. The molecule has 0 atom stereocenters. The molecule has 1 aliphatic rings. The SMILES string of the molecule is NC(=O)CCN1CCn2c1nc1ccccc12. The smallest absolute Gasteiger partial charge is 0.219 e. The lowest BCUT2D eigenvalue weighted by molar-refractivity contribution is -0.117. The van der Waals surface area contributed by atoms with E-state index < -0.39 is 0 Å². The number of amides is 1. The summed E-state index contributed by atoms with van der Waals surface area (Å²) in [6.07, 6.45) is 0.378. The average molecular weight is 230 g/mol. The minimum atomic E-state index is -0.264. The number of hydrogen-bond acceptors (Lipinski definition) is 3. The average Bonchev–Trinajstić information content (AvgIpc) is 2.85. The fourth-order valence-electron chi connectivity index (χ4n) is 2.30. The summed E-state index contributed by atoms with van der Waals surface area (Å²) in [5.41, 5.74) is 7.34. The number of fused-ring (bicyclic) bond motifs is 3. The van der Waals surface area contributed by atoms with E-state index in [1.165, 1.54) is 0 Å². The van der Waals surface area contributed by atoms with Gasteiger partial charge in [-0.3, -0.25) is 4.79 Å². The molecule has 1 amide bonds. The molecule has 5 nitrogen and oxygen atoms in total. The first-order valence-electron chi connectivity index (χ1n) is 5.74. The predicted molar refractivity (Wildman–Crippen MR) is 65.8 cm³/mol. The Bertz CT molecular complexity index is 575. The van der Waals surface area contributed by atoms with E-state index >= 15 is 0 Å². The van der Waals surface area contributed by atoms with Gasteiger partial charge in [0.2, 0.25) is 11.9 Å². The van der Waals surface area contributed by atoms with Crippen LogP contribution < -0.4 is 10.6 Å². The third-order valence-electron chi connectivity index (χ3n) is 3.14. The number of nitrogens with zero attached hydrogens (tertiary/aromatic N) is 3. The largest absolute Gasteiger partial charge is 0.370 e. The summed E-state index contributed by atoms with van der Waals surface area (Å²) in [5.74, 6) is 0.687. The molecule has 0 spiro atoms. The van der Waals surface area contributed by atoms with Gasteiger partial charge < -0.3 is 15.2 Å². The molecule has 17 heavy (non-hydrogen) atoms. The van der Waals surface area contributed by atoms with Gasteiger partial charge in [-0.15, -0.1) is 0 Å². The van der Waals surface area contributed by atoms with E-state index in [-0.39, 0.29) is 5.91 Å². The van der Waals surface area contributed by atoms with Crippen molar-refractivity contribution in [2.45, 2.75) is 13.0 Å². The van der Waals surface area contributed by atoms with Gasteiger partial charge in [-0.05, 0) is 12.1 Å². The molecule has 0 unspecified atom stereocenters. The van der Waals surface area contributed by atoms with E-state index in [0.29, 0.717) is 13.0 Å². The molecule has 88 valence electrons. The van der Waals surface area contributed by atoms with Crippen LogP contribution in [0.1, 0.15) is 6.42 Å². The number of nitrogens with two attached hydrogens (primary N) is 1. The lowest BCUT2D eigenvalue weighted by Gasteiger charge is -2.14. The number of anilines is 1. The Labute approximate surface area is 98.8 Å². The van der Waals surface area contributed by atoms with Crippen molar-refractivity contribution < 1.29 is 4.79 Å². The van der Waals surface area contributed by atoms with Crippen molar-refractivity contribution in [3.05, 3.63) is 24.3 Å². The quantitative estimate of drug-likeness (QED) is 0.845. The van der Waals surface area contributed by atoms with Gasteiger partial charge in [0.1, 0.15) is 0 Å². The fraction of sp³-hybridized carbons (Fsp3) is 0.333. The highest BCUT2D eigenvalue weighted by Crippen LogP contribution is 2.26. The van der Waals surface area contributed by atoms with Gasteiger partial charge in [-0.25, -0.2) is 4.98 Å². The van der Waals surface area contributed by atoms with Crippen LogP contribution in [-0.4, -0.2) is 28.5 Å². The number of imidazole rings is 1. The van der Waals surface area contributed by atoms with Crippen LogP contribution in [-0.2, 0) is 11.3 Å². The number of carbonyl (C=O) groups excluding carboxylic acids is 1. The monoisotopic (exact) mass is 230 g/mol. The Balaban J connectivity index is 1.94. The summed E-state index contributed by atoms with van der Waals surface area (Å²) >= 11 is 0. The maximum atomic E-state index is 10.8. The Morgan fingerprint density at radius 3 is 3.00 bits per heavy atom.